The predicted molar refractivity (Wildman–Crippen MR) is 86.3 cm³/mol. The third kappa shape index (κ3) is 1.32. The van der Waals surface area contributed by atoms with Crippen molar-refractivity contribution in [1.29, 1.82) is 0 Å². The Morgan fingerprint density at radius 2 is 2.08 bits per heavy atom. The van der Waals surface area contributed by atoms with E-state index in [1.165, 1.54) is 16.7 Å². The summed E-state index contributed by atoms with van der Waals surface area (Å²) in [7, 11) is 2.21. The van der Waals surface area contributed by atoms with Crippen LogP contribution < -0.4 is 4.74 Å². The fourth-order valence-corrected chi connectivity index (χ4v) is 5.84. The van der Waals surface area contributed by atoms with Crippen molar-refractivity contribution in [2.75, 3.05) is 26.8 Å². The van der Waals surface area contributed by atoms with Gasteiger partial charge in [-0.1, -0.05) is 12.1 Å². The summed E-state index contributed by atoms with van der Waals surface area (Å²) in [6.45, 7) is 2.24. The second-order valence-electron chi connectivity index (χ2n) is 7.74. The van der Waals surface area contributed by atoms with Crippen molar-refractivity contribution in [1.82, 2.24) is 4.90 Å². The normalized spacial score (nSPS) is 38.0. The maximum Gasteiger partial charge on any atom is 0.210 e. The number of phenolic OH excluding ortho intramolecular Hbond substituents is 1. The molecule has 3 aliphatic heterocycles. The van der Waals surface area contributed by atoms with Gasteiger partial charge in [-0.05, 0) is 43.6 Å². The Morgan fingerprint density at radius 3 is 2.92 bits per heavy atom. The average molecular weight is 327 g/mol. The molecule has 3 atom stereocenters. The van der Waals surface area contributed by atoms with Crippen molar-refractivity contribution < 1.29 is 19.3 Å². The molecule has 2 aliphatic carbocycles. The van der Waals surface area contributed by atoms with Crippen LogP contribution in [0.4, 0.5) is 0 Å². The van der Waals surface area contributed by atoms with Gasteiger partial charge in [-0.3, -0.25) is 4.90 Å². The number of fused-ring (bicyclic) bond motifs is 1. The molecule has 126 valence electrons. The van der Waals surface area contributed by atoms with E-state index >= 15 is 0 Å². The Hall–Kier alpha value is -1.56. The van der Waals surface area contributed by atoms with Crippen LogP contribution in [0.15, 0.2) is 23.8 Å². The van der Waals surface area contributed by atoms with E-state index < -0.39 is 5.79 Å². The van der Waals surface area contributed by atoms with Crippen LogP contribution in [0.1, 0.15) is 24.0 Å². The second-order valence-corrected chi connectivity index (χ2v) is 7.74. The highest BCUT2D eigenvalue weighted by Gasteiger charge is 2.68. The van der Waals surface area contributed by atoms with E-state index in [-0.39, 0.29) is 17.3 Å². The van der Waals surface area contributed by atoms with Crippen molar-refractivity contribution >= 4 is 0 Å². The van der Waals surface area contributed by atoms with Gasteiger partial charge in [0.1, 0.15) is 0 Å². The first-order valence-electron chi connectivity index (χ1n) is 8.86. The third-order valence-corrected chi connectivity index (χ3v) is 6.81. The van der Waals surface area contributed by atoms with E-state index in [0.29, 0.717) is 25.0 Å². The number of hydrogen-bond acceptors (Lipinski definition) is 5. The Morgan fingerprint density at radius 1 is 1.25 bits per heavy atom. The minimum Gasteiger partial charge on any atom is -0.504 e. The average Bonchev–Trinajstić information content (AvgIpc) is 3.18. The van der Waals surface area contributed by atoms with Crippen molar-refractivity contribution in [3.8, 4) is 11.5 Å². The zero-order valence-electron chi connectivity index (χ0n) is 13.7. The van der Waals surface area contributed by atoms with Gasteiger partial charge in [0.25, 0.3) is 0 Å². The lowest BCUT2D eigenvalue weighted by Gasteiger charge is -2.56. The molecule has 2 saturated heterocycles. The summed E-state index contributed by atoms with van der Waals surface area (Å²) in [5, 5.41) is 10.5. The van der Waals surface area contributed by atoms with Gasteiger partial charge in [0.2, 0.25) is 5.79 Å². The van der Waals surface area contributed by atoms with Crippen LogP contribution in [0.25, 0.3) is 0 Å². The molecule has 2 bridgehead atoms. The number of hydrogen-bond donors (Lipinski definition) is 1. The van der Waals surface area contributed by atoms with Crippen molar-refractivity contribution in [2.45, 2.75) is 42.6 Å². The molecule has 24 heavy (non-hydrogen) atoms. The molecule has 0 amide bonds. The summed E-state index contributed by atoms with van der Waals surface area (Å²) in [5.74, 6) is 0.193. The first-order chi connectivity index (χ1) is 11.7. The van der Waals surface area contributed by atoms with Gasteiger partial charge in [-0.25, -0.2) is 0 Å². The summed E-state index contributed by atoms with van der Waals surface area (Å²) in [6.07, 6.45) is 4.83. The van der Waals surface area contributed by atoms with Gasteiger partial charge in [-0.2, -0.15) is 0 Å². The Kier molecular flexibility index (Phi) is 2.37. The van der Waals surface area contributed by atoms with E-state index in [4.69, 9.17) is 14.2 Å². The van der Waals surface area contributed by atoms with Crippen LogP contribution in [-0.2, 0) is 21.3 Å². The Balaban J connectivity index is 1.67. The summed E-state index contributed by atoms with van der Waals surface area (Å²) < 4.78 is 18.6. The SMILES string of the molecule is CN1CC[C@@]23C4=CCC5(OCCO5)[C@@H]2Oc2c(O)ccc(c23)C[C@H]41. The number of likely N-dealkylation sites (N-methyl/N-ethyl adjacent to an activating group) is 1. The number of ether oxygens (including phenoxy) is 3. The molecular formula is C19H21NO4. The van der Waals surface area contributed by atoms with Crippen LogP contribution in [0.2, 0.25) is 0 Å². The highest BCUT2D eigenvalue weighted by atomic mass is 16.8. The molecule has 0 radical (unpaired) electrons. The molecule has 5 heteroatoms. The van der Waals surface area contributed by atoms with Crippen LogP contribution in [0.5, 0.6) is 11.5 Å². The summed E-state index contributed by atoms with van der Waals surface area (Å²) in [5.41, 5.74) is 3.74. The quantitative estimate of drug-likeness (QED) is 0.736. The lowest BCUT2D eigenvalue weighted by atomic mass is 9.55. The topological polar surface area (TPSA) is 51.2 Å². The van der Waals surface area contributed by atoms with E-state index in [2.05, 4.69) is 24.1 Å². The molecule has 2 fully saturated rings. The molecule has 0 saturated carbocycles. The van der Waals surface area contributed by atoms with Crippen LogP contribution in [-0.4, -0.2) is 54.7 Å². The summed E-state index contributed by atoms with van der Waals surface area (Å²) >= 11 is 0. The molecule has 0 unspecified atom stereocenters. The number of piperidine rings is 1. The van der Waals surface area contributed by atoms with Gasteiger partial charge in [-0.15, -0.1) is 0 Å². The molecule has 1 aromatic carbocycles. The maximum absolute atomic E-state index is 10.5. The molecule has 5 nitrogen and oxygen atoms in total. The van der Waals surface area contributed by atoms with Crippen LogP contribution >= 0.6 is 0 Å². The molecular weight excluding hydrogens is 306 g/mol. The number of aromatic hydroxyl groups is 1. The van der Waals surface area contributed by atoms with Crippen molar-refractivity contribution in [3.05, 3.63) is 34.9 Å². The zero-order chi connectivity index (χ0) is 16.1. The standard InChI is InChI=1S/C19H21NO4/c1-20-7-6-18-12-4-5-19(22-8-9-23-19)17(18)24-16-14(21)3-2-11(15(16)18)10-13(12)20/h2-4,13,17,21H,5-10H2,1H3/t13-,17-,18+/m1/s1. The monoisotopic (exact) mass is 327 g/mol. The number of phenols is 1. The molecule has 6 rings (SSSR count). The van der Waals surface area contributed by atoms with Gasteiger partial charge in [0.05, 0.1) is 18.6 Å². The largest absolute Gasteiger partial charge is 0.504 e. The number of rotatable bonds is 0. The molecule has 5 aliphatic rings. The minimum absolute atomic E-state index is 0.203. The first-order valence-corrected chi connectivity index (χ1v) is 8.86. The van der Waals surface area contributed by atoms with E-state index in [1.54, 1.807) is 6.07 Å². The lowest BCUT2D eigenvalue weighted by molar-refractivity contribution is -0.226. The van der Waals surface area contributed by atoms with Crippen LogP contribution in [0, 0.1) is 0 Å². The smallest absolute Gasteiger partial charge is 0.210 e. The fraction of sp³-hybridized carbons (Fsp3) is 0.579. The highest BCUT2D eigenvalue weighted by Crippen LogP contribution is 2.64. The molecule has 0 aromatic heterocycles. The maximum atomic E-state index is 10.5. The van der Waals surface area contributed by atoms with Gasteiger partial charge in [0, 0.05) is 18.0 Å². The van der Waals surface area contributed by atoms with Gasteiger partial charge in [0.15, 0.2) is 17.6 Å². The zero-order valence-corrected chi connectivity index (χ0v) is 13.7. The minimum atomic E-state index is -0.704. The fourth-order valence-electron chi connectivity index (χ4n) is 5.84. The van der Waals surface area contributed by atoms with E-state index in [9.17, 15) is 5.11 Å². The first kappa shape index (κ1) is 13.7. The summed E-state index contributed by atoms with van der Waals surface area (Å²) in [4.78, 5) is 2.45. The Labute approximate surface area is 140 Å². The third-order valence-electron chi connectivity index (χ3n) is 6.81. The molecule has 3 heterocycles. The van der Waals surface area contributed by atoms with Crippen molar-refractivity contribution in [3.63, 3.8) is 0 Å². The molecule has 1 aromatic rings. The highest BCUT2D eigenvalue weighted by molar-refractivity contribution is 5.66. The van der Waals surface area contributed by atoms with Crippen LogP contribution in [0.3, 0.4) is 0 Å². The molecule has 1 N–H and O–H groups in total. The summed E-state index contributed by atoms with van der Waals surface area (Å²) in [6, 6.07) is 4.25. The number of likely N-dealkylation sites (tertiary alicyclic amines) is 1. The second kappa shape index (κ2) is 4.15. The van der Waals surface area contributed by atoms with Gasteiger partial charge < -0.3 is 19.3 Å². The predicted octanol–water partition coefficient (Wildman–Crippen LogP) is 1.72. The molecule has 2 spiro atoms. The Bertz CT molecular complexity index is 782. The van der Waals surface area contributed by atoms with Crippen molar-refractivity contribution in [2.24, 2.45) is 0 Å². The van der Waals surface area contributed by atoms with E-state index in [1.807, 2.05) is 0 Å². The lowest BCUT2D eigenvalue weighted by Crippen LogP contribution is -2.65. The van der Waals surface area contributed by atoms with E-state index in [0.717, 1.165) is 25.8 Å². The number of benzene rings is 1. The van der Waals surface area contributed by atoms with Gasteiger partial charge >= 0.3 is 0 Å². The number of nitrogens with zero attached hydrogens (tertiary/aromatic N) is 1.